The molecule has 30 heavy (non-hydrogen) atoms. The third-order valence-electron chi connectivity index (χ3n) is 4.60. The number of nitrogens with zero attached hydrogens (tertiary/aromatic N) is 3. The summed E-state index contributed by atoms with van der Waals surface area (Å²) in [6.07, 6.45) is -4.00. The lowest BCUT2D eigenvalue weighted by Gasteiger charge is -2.26. The van der Waals surface area contributed by atoms with E-state index in [-0.39, 0.29) is 24.1 Å². The Balaban J connectivity index is 1.35. The predicted molar refractivity (Wildman–Crippen MR) is 99.8 cm³/mol. The molecule has 3 aromatic rings. The summed E-state index contributed by atoms with van der Waals surface area (Å²) in [4.78, 5) is 19.1. The molecule has 0 aliphatic carbocycles. The molecule has 4 rings (SSSR count). The van der Waals surface area contributed by atoms with E-state index in [0.29, 0.717) is 30.9 Å². The van der Waals surface area contributed by atoms with Crippen molar-refractivity contribution in [2.45, 2.75) is 25.7 Å². The second kappa shape index (κ2) is 8.15. The van der Waals surface area contributed by atoms with Gasteiger partial charge in [0.05, 0.1) is 11.4 Å². The van der Waals surface area contributed by atoms with Gasteiger partial charge in [0.25, 0.3) is 0 Å². The number of fused-ring (bicyclic) bond motifs is 1. The van der Waals surface area contributed by atoms with Crippen LogP contribution >= 0.6 is 11.3 Å². The number of rotatable bonds is 5. The van der Waals surface area contributed by atoms with E-state index in [2.05, 4.69) is 20.0 Å². The molecule has 1 amide bonds. The quantitative estimate of drug-likeness (QED) is 0.614. The molecule has 3 heterocycles. The number of nitrogens with one attached hydrogen (secondary N) is 1. The highest BCUT2D eigenvalue weighted by molar-refractivity contribution is 7.15. The lowest BCUT2D eigenvalue weighted by Crippen LogP contribution is -2.39. The Morgan fingerprint density at radius 3 is 2.73 bits per heavy atom. The van der Waals surface area contributed by atoms with E-state index in [4.69, 9.17) is 0 Å². The second-order valence-electron chi connectivity index (χ2n) is 6.84. The molecule has 1 aliphatic heterocycles. The molecule has 0 fully saturated rings. The summed E-state index contributed by atoms with van der Waals surface area (Å²) in [5.74, 6) is -1.96. The fraction of sp³-hybridized carbons (Fsp3) is 0.316. The molecule has 0 spiro atoms. The molecule has 1 aromatic carbocycles. The Labute approximate surface area is 172 Å². The normalized spacial score (nSPS) is 14.5. The van der Waals surface area contributed by atoms with Gasteiger partial charge in [-0.1, -0.05) is 17.3 Å². The molecule has 158 valence electrons. The van der Waals surface area contributed by atoms with E-state index >= 15 is 0 Å². The van der Waals surface area contributed by atoms with Crippen LogP contribution in [0.25, 0.3) is 10.7 Å². The van der Waals surface area contributed by atoms with Crippen molar-refractivity contribution in [1.82, 2.24) is 20.4 Å². The number of aromatic nitrogens is 2. The average molecular weight is 440 g/mol. The van der Waals surface area contributed by atoms with Crippen molar-refractivity contribution < 1.29 is 26.9 Å². The molecular formula is C19H16F4N4O2S. The summed E-state index contributed by atoms with van der Waals surface area (Å²) >= 11 is 1.33. The Morgan fingerprint density at radius 2 is 2.03 bits per heavy atom. The third kappa shape index (κ3) is 4.68. The molecule has 0 bridgehead atoms. The summed E-state index contributed by atoms with van der Waals surface area (Å²) in [6, 6.07) is 7.63. The van der Waals surface area contributed by atoms with Crippen LogP contribution in [-0.2, 0) is 30.5 Å². The van der Waals surface area contributed by atoms with Crippen LogP contribution < -0.4 is 5.32 Å². The number of hydrogen-bond donors (Lipinski definition) is 1. The van der Waals surface area contributed by atoms with Crippen molar-refractivity contribution in [1.29, 1.82) is 0 Å². The van der Waals surface area contributed by atoms with Gasteiger partial charge in [0, 0.05) is 24.5 Å². The SMILES string of the molecule is O=C(CN1CCc2sc(-c3noc(C(F)(F)F)n3)cc2C1)NCc1ccc(F)cc1. The van der Waals surface area contributed by atoms with E-state index in [1.54, 1.807) is 18.2 Å². The number of hydrogen-bond acceptors (Lipinski definition) is 6. The highest BCUT2D eigenvalue weighted by Crippen LogP contribution is 2.35. The van der Waals surface area contributed by atoms with E-state index in [1.165, 1.54) is 23.5 Å². The first kappa shape index (κ1) is 20.5. The number of benzene rings is 1. The van der Waals surface area contributed by atoms with Gasteiger partial charge in [-0.2, -0.15) is 18.2 Å². The standard InChI is InChI=1S/C19H16F4N4O2S/c20-13-3-1-11(2-4-13)8-24-16(28)10-27-6-5-14-12(9-27)7-15(30-14)17-25-18(29-26-17)19(21,22)23/h1-4,7H,5-6,8-10H2,(H,24,28). The van der Waals surface area contributed by atoms with Crippen molar-refractivity contribution in [2.75, 3.05) is 13.1 Å². The van der Waals surface area contributed by atoms with Crippen molar-refractivity contribution in [2.24, 2.45) is 0 Å². The molecule has 6 nitrogen and oxygen atoms in total. The summed E-state index contributed by atoms with van der Waals surface area (Å²) in [7, 11) is 0. The van der Waals surface area contributed by atoms with E-state index in [0.717, 1.165) is 16.0 Å². The molecule has 0 atom stereocenters. The predicted octanol–water partition coefficient (Wildman–Crippen LogP) is 3.63. The lowest BCUT2D eigenvalue weighted by molar-refractivity contribution is -0.159. The largest absolute Gasteiger partial charge is 0.471 e. The molecule has 11 heteroatoms. The van der Waals surface area contributed by atoms with Crippen LogP contribution in [0, 0.1) is 5.82 Å². The first-order chi connectivity index (χ1) is 14.3. The number of alkyl halides is 3. The van der Waals surface area contributed by atoms with Crippen LogP contribution in [-0.4, -0.2) is 34.0 Å². The van der Waals surface area contributed by atoms with Gasteiger partial charge in [0.15, 0.2) is 0 Å². The first-order valence-electron chi connectivity index (χ1n) is 9.04. The van der Waals surface area contributed by atoms with Gasteiger partial charge >= 0.3 is 12.1 Å². The number of amides is 1. The van der Waals surface area contributed by atoms with E-state index in [1.807, 2.05) is 4.90 Å². The maximum Gasteiger partial charge on any atom is 0.471 e. The smallest absolute Gasteiger partial charge is 0.351 e. The van der Waals surface area contributed by atoms with Crippen LogP contribution in [0.15, 0.2) is 34.9 Å². The highest BCUT2D eigenvalue weighted by Gasteiger charge is 2.38. The minimum absolute atomic E-state index is 0.0923. The Morgan fingerprint density at radius 1 is 1.27 bits per heavy atom. The molecule has 1 N–H and O–H groups in total. The van der Waals surface area contributed by atoms with Gasteiger partial charge < -0.3 is 9.84 Å². The summed E-state index contributed by atoms with van der Waals surface area (Å²) in [5, 5.41) is 6.22. The van der Waals surface area contributed by atoms with Gasteiger partial charge in [0.1, 0.15) is 5.82 Å². The zero-order valence-electron chi connectivity index (χ0n) is 15.5. The van der Waals surface area contributed by atoms with Gasteiger partial charge in [-0.25, -0.2) is 4.39 Å². The zero-order valence-corrected chi connectivity index (χ0v) is 16.3. The molecule has 0 saturated carbocycles. The van der Waals surface area contributed by atoms with E-state index < -0.39 is 12.1 Å². The van der Waals surface area contributed by atoms with Crippen LogP contribution in [0.2, 0.25) is 0 Å². The lowest BCUT2D eigenvalue weighted by atomic mass is 10.1. The number of halogens is 4. The third-order valence-corrected chi connectivity index (χ3v) is 5.84. The highest BCUT2D eigenvalue weighted by atomic mass is 32.1. The number of thiophene rings is 1. The fourth-order valence-electron chi connectivity index (χ4n) is 3.14. The van der Waals surface area contributed by atoms with Crippen LogP contribution in [0.3, 0.4) is 0 Å². The maximum atomic E-state index is 12.9. The van der Waals surface area contributed by atoms with Crippen LogP contribution in [0.5, 0.6) is 0 Å². The Bertz CT molecular complexity index is 1050. The second-order valence-corrected chi connectivity index (χ2v) is 7.98. The molecule has 0 radical (unpaired) electrons. The first-order valence-corrected chi connectivity index (χ1v) is 9.86. The van der Waals surface area contributed by atoms with Crippen LogP contribution in [0.4, 0.5) is 17.6 Å². The van der Waals surface area contributed by atoms with Gasteiger partial charge in [0.2, 0.25) is 11.7 Å². The molecular weight excluding hydrogens is 424 g/mol. The van der Waals surface area contributed by atoms with Crippen molar-refractivity contribution in [3.63, 3.8) is 0 Å². The Kier molecular flexibility index (Phi) is 5.56. The number of carbonyl (C=O) groups is 1. The van der Waals surface area contributed by atoms with Crippen LogP contribution in [0.1, 0.15) is 21.9 Å². The summed E-state index contributed by atoms with van der Waals surface area (Å²) in [6.45, 7) is 1.64. The van der Waals surface area contributed by atoms with E-state index in [9.17, 15) is 22.4 Å². The molecule has 1 aliphatic rings. The topological polar surface area (TPSA) is 71.3 Å². The number of carbonyl (C=O) groups excluding carboxylic acids is 1. The minimum atomic E-state index is -4.68. The monoisotopic (exact) mass is 440 g/mol. The average Bonchev–Trinajstić information content (AvgIpc) is 3.34. The molecule has 0 saturated heterocycles. The molecule has 0 unspecified atom stereocenters. The van der Waals surface area contributed by atoms with Crippen molar-refractivity contribution in [3.8, 4) is 10.7 Å². The van der Waals surface area contributed by atoms with Gasteiger partial charge in [-0.3, -0.25) is 9.69 Å². The fourth-order valence-corrected chi connectivity index (χ4v) is 4.23. The summed E-state index contributed by atoms with van der Waals surface area (Å²) in [5.41, 5.74) is 1.73. The minimum Gasteiger partial charge on any atom is -0.351 e. The zero-order chi connectivity index (χ0) is 21.3. The Hall–Kier alpha value is -2.79. The maximum absolute atomic E-state index is 12.9. The van der Waals surface area contributed by atoms with Gasteiger partial charge in [-0.05, 0) is 35.7 Å². The van der Waals surface area contributed by atoms with Crippen molar-refractivity contribution >= 4 is 17.2 Å². The van der Waals surface area contributed by atoms with Gasteiger partial charge in [-0.15, -0.1) is 11.3 Å². The van der Waals surface area contributed by atoms with Crippen molar-refractivity contribution in [3.05, 3.63) is 58.0 Å². The molecule has 2 aromatic heterocycles. The summed E-state index contributed by atoms with van der Waals surface area (Å²) < 4.78 is 55.2.